The Morgan fingerprint density at radius 3 is 2.41 bits per heavy atom. The number of amides is 1. The van der Waals surface area contributed by atoms with Crippen LogP contribution in [0.15, 0.2) is 30.5 Å². The number of likely N-dealkylation sites (tertiary alicyclic amines) is 1. The lowest BCUT2D eigenvalue weighted by Crippen LogP contribution is -2.41. The number of fused-ring (bicyclic) bond motifs is 1. The predicted octanol–water partition coefficient (Wildman–Crippen LogP) is 5.37. The summed E-state index contributed by atoms with van der Waals surface area (Å²) in [6.07, 6.45) is -1.93. The lowest BCUT2D eigenvalue weighted by atomic mass is 9.87. The van der Waals surface area contributed by atoms with E-state index >= 15 is 0 Å². The molecule has 4 nitrogen and oxygen atoms in total. The number of hydrogen-bond donors (Lipinski definition) is 0. The number of carbonyl (C=O) groups excluding carboxylic acids is 1. The Balaban J connectivity index is 1.81. The predicted molar refractivity (Wildman–Crippen MR) is 96.5 cm³/mol. The van der Waals surface area contributed by atoms with Gasteiger partial charge in [0.05, 0.1) is 11.1 Å². The number of pyridine rings is 1. The van der Waals surface area contributed by atoms with Crippen LogP contribution in [0.25, 0.3) is 10.9 Å². The molecule has 0 aliphatic carbocycles. The number of rotatable bonds is 1. The van der Waals surface area contributed by atoms with E-state index in [0.717, 1.165) is 11.6 Å². The maximum Gasteiger partial charge on any atom is 0.417 e. The average Bonchev–Trinajstić information content (AvgIpc) is 2.58. The van der Waals surface area contributed by atoms with Crippen LogP contribution < -0.4 is 0 Å². The third-order valence-corrected chi connectivity index (χ3v) is 4.69. The van der Waals surface area contributed by atoms with Crippen molar-refractivity contribution in [2.75, 3.05) is 13.1 Å². The summed E-state index contributed by atoms with van der Waals surface area (Å²) in [6, 6.07) is 5.66. The molecule has 1 aromatic heterocycles. The molecule has 1 aromatic carbocycles. The first-order valence-corrected chi connectivity index (χ1v) is 8.99. The van der Waals surface area contributed by atoms with Gasteiger partial charge in [0.15, 0.2) is 0 Å². The molecule has 0 N–H and O–H groups in total. The van der Waals surface area contributed by atoms with E-state index in [2.05, 4.69) is 4.98 Å². The molecule has 1 fully saturated rings. The van der Waals surface area contributed by atoms with Crippen molar-refractivity contribution in [1.82, 2.24) is 9.88 Å². The highest BCUT2D eigenvalue weighted by Crippen LogP contribution is 2.39. The Morgan fingerprint density at radius 2 is 1.81 bits per heavy atom. The maximum atomic E-state index is 13.3. The number of halogens is 3. The molecule has 3 rings (SSSR count). The lowest BCUT2D eigenvalue weighted by Gasteiger charge is -2.34. The Labute approximate surface area is 156 Å². The van der Waals surface area contributed by atoms with Crippen molar-refractivity contribution in [3.63, 3.8) is 0 Å². The van der Waals surface area contributed by atoms with Gasteiger partial charge in [-0.1, -0.05) is 12.1 Å². The minimum atomic E-state index is -4.42. The molecular weight excluding hydrogens is 357 g/mol. The fourth-order valence-corrected chi connectivity index (χ4v) is 3.47. The molecule has 0 saturated carbocycles. The number of ether oxygens (including phenoxy) is 1. The average molecular weight is 380 g/mol. The zero-order valence-corrected chi connectivity index (χ0v) is 15.6. The molecule has 1 aliphatic rings. The van der Waals surface area contributed by atoms with Crippen LogP contribution in [0.5, 0.6) is 0 Å². The maximum absolute atomic E-state index is 13.3. The SMILES string of the molecule is CC(C)(C)OC(=O)N1CCC(c2ccc(C(F)(F)F)c3cccnc23)CC1. The quantitative estimate of drug-likeness (QED) is 0.668. The Bertz CT molecular complexity index is 835. The van der Waals surface area contributed by atoms with Crippen LogP contribution in [0.3, 0.4) is 0 Å². The summed E-state index contributed by atoms with van der Waals surface area (Å²) in [5.74, 6) is 0.0587. The molecule has 1 saturated heterocycles. The second-order valence-electron chi connectivity index (χ2n) is 7.84. The van der Waals surface area contributed by atoms with Crippen molar-refractivity contribution in [2.24, 2.45) is 0 Å². The Kier molecular flexibility index (Phi) is 5.06. The highest BCUT2D eigenvalue weighted by molar-refractivity contribution is 5.86. The Morgan fingerprint density at radius 1 is 1.15 bits per heavy atom. The minimum Gasteiger partial charge on any atom is -0.444 e. The van der Waals surface area contributed by atoms with Crippen LogP contribution in [0.2, 0.25) is 0 Å². The van der Waals surface area contributed by atoms with E-state index in [4.69, 9.17) is 4.74 Å². The minimum absolute atomic E-state index is 0.0587. The van der Waals surface area contributed by atoms with Gasteiger partial charge in [0.2, 0.25) is 0 Å². The van der Waals surface area contributed by atoms with Crippen LogP contribution in [-0.4, -0.2) is 34.7 Å². The number of aromatic nitrogens is 1. The lowest BCUT2D eigenvalue weighted by molar-refractivity contribution is -0.136. The van der Waals surface area contributed by atoms with Crippen LogP contribution >= 0.6 is 0 Å². The van der Waals surface area contributed by atoms with Crippen LogP contribution in [0, 0.1) is 0 Å². The highest BCUT2D eigenvalue weighted by Gasteiger charge is 2.34. The molecule has 27 heavy (non-hydrogen) atoms. The largest absolute Gasteiger partial charge is 0.444 e. The first-order chi connectivity index (χ1) is 12.6. The van der Waals surface area contributed by atoms with E-state index in [1.807, 2.05) is 20.8 Å². The molecule has 1 amide bonds. The summed E-state index contributed by atoms with van der Waals surface area (Å²) < 4.78 is 45.2. The third-order valence-electron chi connectivity index (χ3n) is 4.69. The number of nitrogens with zero attached hydrogens (tertiary/aromatic N) is 2. The molecule has 0 unspecified atom stereocenters. The summed E-state index contributed by atoms with van der Waals surface area (Å²) in [4.78, 5) is 18.1. The number of benzene rings is 1. The number of hydrogen-bond acceptors (Lipinski definition) is 3. The Hall–Kier alpha value is -2.31. The molecule has 7 heteroatoms. The molecule has 146 valence electrons. The van der Waals surface area contributed by atoms with E-state index in [0.29, 0.717) is 31.4 Å². The summed E-state index contributed by atoms with van der Waals surface area (Å²) >= 11 is 0. The van der Waals surface area contributed by atoms with Crippen molar-refractivity contribution >= 4 is 17.0 Å². The van der Waals surface area contributed by atoms with E-state index in [-0.39, 0.29) is 17.4 Å². The van der Waals surface area contributed by atoms with Gasteiger partial charge in [-0.15, -0.1) is 0 Å². The molecule has 2 heterocycles. The van der Waals surface area contributed by atoms with Gasteiger partial charge in [0.1, 0.15) is 5.60 Å². The van der Waals surface area contributed by atoms with Gasteiger partial charge in [-0.25, -0.2) is 4.79 Å². The van der Waals surface area contributed by atoms with E-state index in [1.165, 1.54) is 24.4 Å². The molecule has 0 spiro atoms. The molecular formula is C20H23F3N2O2. The molecule has 2 aromatic rings. The van der Waals surface area contributed by atoms with E-state index < -0.39 is 17.3 Å². The van der Waals surface area contributed by atoms with Gasteiger partial charge in [-0.05, 0) is 57.2 Å². The monoisotopic (exact) mass is 380 g/mol. The second-order valence-corrected chi connectivity index (χ2v) is 7.84. The normalized spacial score (nSPS) is 16.6. The fraction of sp³-hybridized carbons (Fsp3) is 0.500. The van der Waals surface area contributed by atoms with Crippen molar-refractivity contribution < 1.29 is 22.7 Å². The summed E-state index contributed by atoms with van der Waals surface area (Å²) in [5.41, 5.74) is -0.0207. The number of carbonyl (C=O) groups is 1. The van der Waals surface area contributed by atoms with Crippen molar-refractivity contribution in [1.29, 1.82) is 0 Å². The third kappa shape index (κ3) is 4.34. The number of alkyl halides is 3. The zero-order chi connectivity index (χ0) is 19.8. The number of piperidine rings is 1. The van der Waals surface area contributed by atoms with Gasteiger partial charge >= 0.3 is 12.3 Å². The molecule has 0 atom stereocenters. The van der Waals surface area contributed by atoms with E-state index in [1.54, 1.807) is 4.90 Å². The fourth-order valence-electron chi connectivity index (χ4n) is 3.47. The summed E-state index contributed by atoms with van der Waals surface area (Å²) in [7, 11) is 0. The summed E-state index contributed by atoms with van der Waals surface area (Å²) in [5, 5.41) is 0.122. The topological polar surface area (TPSA) is 42.4 Å². The van der Waals surface area contributed by atoms with Crippen molar-refractivity contribution in [2.45, 2.75) is 51.3 Å². The summed E-state index contributed by atoms with van der Waals surface area (Å²) in [6.45, 7) is 6.47. The van der Waals surface area contributed by atoms with Crippen LogP contribution in [0.1, 0.15) is 50.7 Å². The molecule has 0 radical (unpaired) electrons. The standard InChI is InChI=1S/C20H23F3N2O2/c1-19(2,3)27-18(26)25-11-8-13(9-12-25)14-6-7-16(20(21,22)23)15-5-4-10-24-17(14)15/h4-7,10,13H,8-9,11-12H2,1-3H3. The van der Waals surface area contributed by atoms with Gasteiger partial charge < -0.3 is 9.64 Å². The zero-order valence-electron chi connectivity index (χ0n) is 15.6. The smallest absolute Gasteiger partial charge is 0.417 e. The second kappa shape index (κ2) is 7.02. The first kappa shape index (κ1) is 19.5. The van der Waals surface area contributed by atoms with Crippen molar-refractivity contribution in [3.8, 4) is 0 Å². The van der Waals surface area contributed by atoms with Gasteiger partial charge in [-0.3, -0.25) is 4.98 Å². The molecule has 0 bridgehead atoms. The first-order valence-electron chi connectivity index (χ1n) is 8.99. The molecule has 1 aliphatic heterocycles. The van der Waals surface area contributed by atoms with Gasteiger partial charge in [-0.2, -0.15) is 13.2 Å². The highest BCUT2D eigenvalue weighted by atomic mass is 19.4. The van der Waals surface area contributed by atoms with Crippen molar-refractivity contribution in [3.05, 3.63) is 41.6 Å². The van der Waals surface area contributed by atoms with Crippen LogP contribution in [-0.2, 0) is 10.9 Å². The van der Waals surface area contributed by atoms with E-state index in [9.17, 15) is 18.0 Å². The van der Waals surface area contributed by atoms with Gasteiger partial charge in [0.25, 0.3) is 0 Å². The van der Waals surface area contributed by atoms with Crippen LogP contribution in [0.4, 0.5) is 18.0 Å². The van der Waals surface area contributed by atoms with Gasteiger partial charge in [0, 0.05) is 24.7 Å².